The third-order valence-electron chi connectivity index (χ3n) is 4.45. The molecule has 0 aliphatic carbocycles. The molecule has 0 aromatic heterocycles. The van der Waals surface area contributed by atoms with Crippen LogP contribution < -0.4 is 15.3 Å². The molecule has 0 amide bonds. The van der Waals surface area contributed by atoms with Crippen LogP contribution in [0.2, 0.25) is 0 Å². The van der Waals surface area contributed by atoms with Crippen molar-refractivity contribution in [1.29, 1.82) is 0 Å². The van der Waals surface area contributed by atoms with Gasteiger partial charge in [0.25, 0.3) is 0 Å². The molecule has 0 spiro atoms. The van der Waals surface area contributed by atoms with Crippen molar-refractivity contribution in [2.24, 2.45) is 0 Å². The molecule has 0 aliphatic rings. The molecule has 0 atom stereocenters. The first-order valence-corrected chi connectivity index (χ1v) is 11.9. The number of hydrogen-bond donors (Lipinski definition) is 0. The summed E-state index contributed by atoms with van der Waals surface area (Å²) in [5.74, 6) is -2.76. The van der Waals surface area contributed by atoms with Crippen LogP contribution in [-0.4, -0.2) is 45.2 Å². The number of aliphatic carboxylic acids is 3. The first-order chi connectivity index (χ1) is 14.3. The third-order valence-corrected chi connectivity index (χ3v) is 4.45. The molecule has 0 bridgehead atoms. The van der Waals surface area contributed by atoms with Crippen molar-refractivity contribution in [3.8, 4) is 0 Å². The molecule has 0 rings (SSSR count). The standard InChI is InChI=1S/3C8H16O2.Pb.H/c3*1-2-3-4-5-6-7-8(9)10;;/h3*2-7H2,1H3,(H,9,10);;/q;;;+3;/p-3. The fourth-order valence-corrected chi connectivity index (χ4v) is 2.62. The van der Waals surface area contributed by atoms with E-state index in [1.165, 1.54) is 38.5 Å². The van der Waals surface area contributed by atoms with E-state index in [4.69, 9.17) is 0 Å². The number of carbonyl (C=O) groups is 3. The van der Waals surface area contributed by atoms with Crippen LogP contribution in [0.25, 0.3) is 0 Å². The van der Waals surface area contributed by atoms with Crippen molar-refractivity contribution in [3.63, 3.8) is 0 Å². The second-order valence-electron chi connectivity index (χ2n) is 7.61. The van der Waals surface area contributed by atoms with Gasteiger partial charge in [0.2, 0.25) is 0 Å². The summed E-state index contributed by atoms with van der Waals surface area (Å²) in [6.07, 6.45) is 16.8. The molecule has 6 nitrogen and oxygen atoms in total. The van der Waals surface area contributed by atoms with Crippen LogP contribution in [0.5, 0.6) is 0 Å². The third kappa shape index (κ3) is 53.0. The maximum atomic E-state index is 9.92. The number of hydrogen-bond acceptors (Lipinski definition) is 6. The Morgan fingerprint density at radius 3 is 0.774 bits per heavy atom. The summed E-state index contributed by atoms with van der Waals surface area (Å²) in [7, 11) is 0. The van der Waals surface area contributed by atoms with Crippen molar-refractivity contribution in [2.45, 2.75) is 136 Å². The average Bonchev–Trinajstić information content (AvgIpc) is 2.68. The van der Waals surface area contributed by atoms with E-state index in [-0.39, 0.29) is 46.6 Å². The first kappa shape index (κ1) is 37.6. The Hall–Kier alpha value is -0.668. The van der Waals surface area contributed by atoms with Gasteiger partial charge in [0.05, 0.1) is 0 Å². The van der Waals surface area contributed by atoms with Gasteiger partial charge in [0.1, 0.15) is 0 Å². The van der Waals surface area contributed by atoms with Gasteiger partial charge in [-0.1, -0.05) is 97.8 Å². The van der Waals surface area contributed by atoms with E-state index in [2.05, 4.69) is 20.8 Å². The van der Waals surface area contributed by atoms with Gasteiger partial charge >= 0.3 is 27.3 Å². The Labute approximate surface area is 210 Å². The second-order valence-corrected chi connectivity index (χ2v) is 7.61. The van der Waals surface area contributed by atoms with E-state index in [1.807, 2.05) is 0 Å². The van der Waals surface area contributed by atoms with Gasteiger partial charge in [-0.2, -0.15) is 0 Å². The fraction of sp³-hybridized carbons (Fsp3) is 0.875. The van der Waals surface area contributed by atoms with Crippen LogP contribution in [0.1, 0.15) is 136 Å². The van der Waals surface area contributed by atoms with E-state index >= 15 is 0 Å². The molecule has 0 saturated heterocycles. The molecule has 0 unspecified atom stereocenters. The minimum absolute atomic E-state index is 0. The van der Waals surface area contributed by atoms with E-state index in [1.54, 1.807) is 0 Å². The number of carboxylic acid groups (broad SMARTS) is 3. The van der Waals surface area contributed by atoms with Crippen molar-refractivity contribution >= 4 is 45.2 Å². The van der Waals surface area contributed by atoms with Crippen LogP contribution in [0.15, 0.2) is 0 Å². The molecular formula is C24H46O6Pb. The molecule has 182 valence electrons. The summed E-state index contributed by atoms with van der Waals surface area (Å²) in [6.45, 7) is 6.41. The molecule has 0 aliphatic heterocycles. The number of carbonyl (C=O) groups excluding carboxylic acids is 3. The number of rotatable bonds is 18. The van der Waals surface area contributed by atoms with Crippen molar-refractivity contribution in [3.05, 3.63) is 0 Å². The first-order valence-electron chi connectivity index (χ1n) is 11.9. The quantitative estimate of drug-likeness (QED) is 0.168. The summed E-state index contributed by atoms with van der Waals surface area (Å²) in [6, 6.07) is 0. The zero-order valence-corrected chi connectivity index (χ0v) is 24.7. The zero-order valence-electron chi connectivity index (χ0n) is 20.3. The summed E-state index contributed by atoms with van der Waals surface area (Å²) in [5.41, 5.74) is 0. The summed E-state index contributed by atoms with van der Waals surface area (Å²) in [4.78, 5) is 29.8. The molecule has 0 N–H and O–H groups in total. The molecule has 7 heteroatoms. The van der Waals surface area contributed by atoms with Crippen molar-refractivity contribution < 1.29 is 29.7 Å². The fourth-order valence-electron chi connectivity index (χ4n) is 2.62. The van der Waals surface area contributed by atoms with Gasteiger partial charge in [-0.3, -0.25) is 0 Å². The van der Waals surface area contributed by atoms with E-state index < -0.39 is 17.9 Å². The molecule has 0 heterocycles. The van der Waals surface area contributed by atoms with Crippen molar-refractivity contribution in [1.82, 2.24) is 0 Å². The van der Waals surface area contributed by atoms with Gasteiger partial charge in [0, 0.05) is 17.9 Å². The summed E-state index contributed by atoms with van der Waals surface area (Å²) in [5, 5.41) is 29.8. The van der Waals surface area contributed by atoms with Crippen LogP contribution in [0.4, 0.5) is 0 Å². The molecular weight excluding hydrogens is 591 g/mol. The van der Waals surface area contributed by atoms with Crippen molar-refractivity contribution in [2.75, 3.05) is 0 Å². The van der Waals surface area contributed by atoms with Gasteiger partial charge in [-0.25, -0.2) is 0 Å². The predicted octanol–water partition coefficient (Wildman–Crippen LogP) is 2.64. The monoisotopic (exact) mass is 638 g/mol. The average molecular weight is 638 g/mol. The molecule has 0 aromatic rings. The Morgan fingerprint density at radius 1 is 0.419 bits per heavy atom. The predicted molar refractivity (Wildman–Crippen MR) is 122 cm³/mol. The van der Waals surface area contributed by atoms with Crippen LogP contribution >= 0.6 is 0 Å². The van der Waals surface area contributed by atoms with Crippen LogP contribution in [0.3, 0.4) is 0 Å². The Morgan fingerprint density at radius 2 is 0.613 bits per heavy atom. The second kappa shape index (κ2) is 34.0. The Kier molecular flexibility index (Phi) is 41.2. The number of carboxylic acids is 3. The summed E-state index contributed by atoms with van der Waals surface area (Å²) < 4.78 is 0. The zero-order chi connectivity index (χ0) is 23.5. The van der Waals surface area contributed by atoms with Gasteiger partial charge in [-0.15, -0.1) is 0 Å². The van der Waals surface area contributed by atoms with Crippen LogP contribution in [0, 0.1) is 0 Å². The molecule has 0 fully saturated rings. The minimum atomic E-state index is -0.920. The van der Waals surface area contributed by atoms with Gasteiger partial charge < -0.3 is 29.7 Å². The van der Waals surface area contributed by atoms with Crippen LogP contribution in [-0.2, 0) is 14.4 Å². The molecule has 0 saturated carbocycles. The van der Waals surface area contributed by atoms with Gasteiger partial charge in [-0.05, 0) is 38.5 Å². The number of unbranched alkanes of at least 4 members (excludes halogenated alkanes) is 12. The summed E-state index contributed by atoms with van der Waals surface area (Å²) >= 11 is 0. The molecule has 0 aromatic carbocycles. The maximum absolute atomic E-state index is 9.92. The van der Waals surface area contributed by atoms with E-state index in [0.29, 0.717) is 0 Å². The SMILES string of the molecule is CCCCCCCC(=O)[O-].CCCCCCCC(=O)[O-].CCCCCCCC(=O)[O-].[PbH+3]. The van der Waals surface area contributed by atoms with E-state index in [0.717, 1.165) is 57.8 Å². The Bertz CT molecular complexity index is 331. The topological polar surface area (TPSA) is 120 Å². The molecule has 0 radical (unpaired) electrons. The normalized spacial score (nSPS) is 9.39. The van der Waals surface area contributed by atoms with Gasteiger partial charge in [0.15, 0.2) is 0 Å². The van der Waals surface area contributed by atoms with E-state index in [9.17, 15) is 29.7 Å². The Balaban J connectivity index is -0.000000174. The molecule has 31 heavy (non-hydrogen) atoms.